The molecule has 1 aliphatic rings. The molecule has 4 rings (SSSR count). The van der Waals surface area contributed by atoms with Crippen LogP contribution in [0.4, 0.5) is 9.18 Å². The smallest absolute Gasteiger partial charge is 0.410 e. The summed E-state index contributed by atoms with van der Waals surface area (Å²) in [4.78, 5) is 26.7. The Morgan fingerprint density at radius 1 is 1.13 bits per heavy atom. The zero-order valence-electron chi connectivity index (χ0n) is 17.3. The van der Waals surface area contributed by atoms with Gasteiger partial charge in [0, 0.05) is 30.6 Å². The standard InChI is InChI=1S/C22H22FN3O5/c1-13-11-19(25-30-13)21-18(14(2)24-31-21)12-29-22(28)26-9-7-16(8-10-26)20(27)15-3-5-17(23)6-4-15/h3-6,11,16H,7-10,12H2,1-2H3. The molecule has 1 aromatic carbocycles. The van der Waals surface area contributed by atoms with Gasteiger partial charge in [-0.1, -0.05) is 10.3 Å². The lowest BCUT2D eigenvalue weighted by Crippen LogP contribution is -2.40. The molecule has 3 heterocycles. The summed E-state index contributed by atoms with van der Waals surface area (Å²) < 4.78 is 28.9. The van der Waals surface area contributed by atoms with Gasteiger partial charge >= 0.3 is 6.09 Å². The summed E-state index contributed by atoms with van der Waals surface area (Å²) in [5.41, 5.74) is 2.21. The van der Waals surface area contributed by atoms with E-state index in [1.807, 2.05) is 0 Å². The molecule has 0 N–H and O–H groups in total. The van der Waals surface area contributed by atoms with Crippen molar-refractivity contribution in [3.8, 4) is 11.5 Å². The fourth-order valence-corrected chi connectivity index (χ4v) is 3.63. The van der Waals surface area contributed by atoms with Crippen molar-refractivity contribution in [2.75, 3.05) is 13.1 Å². The number of carbonyl (C=O) groups is 2. The van der Waals surface area contributed by atoms with Crippen molar-refractivity contribution >= 4 is 11.9 Å². The van der Waals surface area contributed by atoms with Crippen molar-refractivity contribution in [1.29, 1.82) is 0 Å². The highest BCUT2D eigenvalue weighted by molar-refractivity contribution is 5.97. The van der Waals surface area contributed by atoms with Crippen LogP contribution in [0.25, 0.3) is 11.5 Å². The highest BCUT2D eigenvalue weighted by atomic mass is 19.1. The molecular formula is C22H22FN3O5. The molecule has 31 heavy (non-hydrogen) atoms. The van der Waals surface area contributed by atoms with Crippen molar-refractivity contribution in [2.45, 2.75) is 33.3 Å². The van der Waals surface area contributed by atoms with Crippen LogP contribution < -0.4 is 0 Å². The average molecular weight is 427 g/mol. The number of ketones is 1. The van der Waals surface area contributed by atoms with Crippen LogP contribution in [-0.2, 0) is 11.3 Å². The monoisotopic (exact) mass is 427 g/mol. The molecule has 0 unspecified atom stereocenters. The first-order valence-electron chi connectivity index (χ1n) is 10.0. The van der Waals surface area contributed by atoms with Gasteiger partial charge in [-0.2, -0.15) is 0 Å². The lowest BCUT2D eigenvalue weighted by atomic mass is 9.89. The number of halogens is 1. The number of hydrogen-bond acceptors (Lipinski definition) is 7. The maximum Gasteiger partial charge on any atom is 0.410 e. The molecule has 2 aromatic heterocycles. The highest BCUT2D eigenvalue weighted by Gasteiger charge is 2.29. The maximum absolute atomic E-state index is 13.1. The van der Waals surface area contributed by atoms with Crippen LogP contribution in [0.15, 0.2) is 39.4 Å². The minimum absolute atomic E-state index is 0.0101. The summed E-state index contributed by atoms with van der Waals surface area (Å²) in [5, 5.41) is 7.85. The summed E-state index contributed by atoms with van der Waals surface area (Å²) >= 11 is 0. The number of aryl methyl sites for hydroxylation is 2. The predicted octanol–water partition coefficient (Wildman–Crippen LogP) is 4.32. The Labute approximate surface area is 177 Å². The third-order valence-corrected chi connectivity index (χ3v) is 5.44. The Morgan fingerprint density at radius 3 is 2.48 bits per heavy atom. The molecule has 0 atom stereocenters. The molecule has 1 saturated heterocycles. The predicted molar refractivity (Wildman–Crippen MR) is 107 cm³/mol. The van der Waals surface area contributed by atoms with E-state index in [4.69, 9.17) is 13.8 Å². The Balaban J connectivity index is 1.32. The van der Waals surface area contributed by atoms with Crippen molar-refractivity contribution in [3.63, 3.8) is 0 Å². The van der Waals surface area contributed by atoms with E-state index in [0.717, 1.165) is 0 Å². The largest absolute Gasteiger partial charge is 0.444 e. The van der Waals surface area contributed by atoms with Gasteiger partial charge in [-0.3, -0.25) is 4.79 Å². The Kier molecular flexibility index (Phi) is 5.83. The molecule has 1 fully saturated rings. The van der Waals surface area contributed by atoms with Crippen LogP contribution in [0.2, 0.25) is 0 Å². The zero-order valence-corrected chi connectivity index (χ0v) is 17.3. The van der Waals surface area contributed by atoms with Gasteiger partial charge < -0.3 is 18.7 Å². The first-order valence-corrected chi connectivity index (χ1v) is 10.0. The number of amides is 1. The van der Waals surface area contributed by atoms with Crippen LogP contribution in [0, 0.1) is 25.6 Å². The first-order chi connectivity index (χ1) is 14.9. The number of benzene rings is 1. The number of piperidine rings is 1. The second-order valence-corrected chi connectivity index (χ2v) is 7.59. The number of hydrogen-bond donors (Lipinski definition) is 0. The summed E-state index contributed by atoms with van der Waals surface area (Å²) in [7, 11) is 0. The van der Waals surface area contributed by atoms with Gasteiger partial charge in [-0.15, -0.1) is 0 Å². The molecule has 3 aromatic rings. The summed E-state index contributed by atoms with van der Waals surface area (Å²) in [6, 6.07) is 7.26. The van der Waals surface area contributed by atoms with Gasteiger partial charge in [-0.05, 0) is 51.0 Å². The third kappa shape index (κ3) is 4.50. The number of Topliss-reactive ketones (excluding diaryl/α,β-unsaturated/α-hetero) is 1. The molecule has 8 nitrogen and oxygen atoms in total. The van der Waals surface area contributed by atoms with Gasteiger partial charge in [-0.25, -0.2) is 9.18 Å². The number of rotatable bonds is 5. The topological polar surface area (TPSA) is 98.7 Å². The number of ether oxygens (including phenoxy) is 1. The van der Waals surface area contributed by atoms with E-state index in [9.17, 15) is 14.0 Å². The van der Waals surface area contributed by atoms with E-state index in [0.29, 0.717) is 60.0 Å². The number of nitrogens with zero attached hydrogens (tertiary/aromatic N) is 3. The van der Waals surface area contributed by atoms with E-state index >= 15 is 0 Å². The molecule has 1 amide bonds. The van der Waals surface area contributed by atoms with E-state index in [1.165, 1.54) is 24.3 Å². The van der Waals surface area contributed by atoms with Crippen LogP contribution in [0.1, 0.15) is 40.2 Å². The minimum Gasteiger partial charge on any atom is -0.444 e. The number of likely N-dealkylation sites (tertiary alicyclic amines) is 1. The third-order valence-electron chi connectivity index (χ3n) is 5.44. The average Bonchev–Trinajstić information content (AvgIpc) is 3.37. The quantitative estimate of drug-likeness (QED) is 0.559. The van der Waals surface area contributed by atoms with Crippen LogP contribution in [0.3, 0.4) is 0 Å². The lowest BCUT2D eigenvalue weighted by Gasteiger charge is -2.30. The summed E-state index contributed by atoms with van der Waals surface area (Å²) in [6.07, 6.45) is 0.595. The van der Waals surface area contributed by atoms with E-state index in [2.05, 4.69) is 10.3 Å². The molecule has 0 aliphatic carbocycles. The van der Waals surface area contributed by atoms with Gasteiger partial charge in [0.25, 0.3) is 0 Å². The highest BCUT2D eigenvalue weighted by Crippen LogP contribution is 2.27. The first kappa shape index (κ1) is 20.8. The Morgan fingerprint density at radius 2 is 1.84 bits per heavy atom. The van der Waals surface area contributed by atoms with Crippen molar-refractivity contribution in [3.05, 3.63) is 58.7 Å². The zero-order chi connectivity index (χ0) is 22.0. The molecule has 1 aliphatic heterocycles. The van der Waals surface area contributed by atoms with Gasteiger partial charge in [0.05, 0.1) is 11.3 Å². The Hall–Kier alpha value is -3.49. The van der Waals surface area contributed by atoms with E-state index in [-0.39, 0.29) is 24.1 Å². The molecular weight excluding hydrogens is 405 g/mol. The van der Waals surface area contributed by atoms with Gasteiger partial charge in [0.15, 0.2) is 17.2 Å². The lowest BCUT2D eigenvalue weighted by molar-refractivity contribution is 0.0712. The second-order valence-electron chi connectivity index (χ2n) is 7.59. The van der Waals surface area contributed by atoms with Crippen molar-refractivity contribution in [1.82, 2.24) is 15.2 Å². The molecule has 0 bridgehead atoms. The SMILES string of the molecule is Cc1cc(-c2onc(C)c2COC(=O)N2CCC(C(=O)c3ccc(F)cc3)CC2)no1. The van der Waals surface area contributed by atoms with Crippen LogP contribution in [-0.4, -0.2) is 40.2 Å². The number of aromatic nitrogens is 2. The van der Waals surface area contributed by atoms with Crippen molar-refractivity contribution < 1.29 is 27.8 Å². The van der Waals surface area contributed by atoms with Crippen LogP contribution >= 0.6 is 0 Å². The molecule has 0 spiro atoms. The Bertz CT molecular complexity index is 1080. The van der Waals surface area contributed by atoms with Crippen molar-refractivity contribution in [2.24, 2.45) is 5.92 Å². The van der Waals surface area contributed by atoms with Gasteiger partial charge in [0.1, 0.15) is 18.2 Å². The second kappa shape index (κ2) is 8.71. The van der Waals surface area contributed by atoms with Gasteiger partial charge in [0.2, 0.25) is 0 Å². The molecule has 0 radical (unpaired) electrons. The van der Waals surface area contributed by atoms with E-state index in [1.54, 1.807) is 24.8 Å². The molecule has 0 saturated carbocycles. The van der Waals surface area contributed by atoms with Crippen LogP contribution in [0.5, 0.6) is 0 Å². The molecule has 162 valence electrons. The summed E-state index contributed by atoms with van der Waals surface area (Å²) in [5.74, 6) is 0.437. The summed E-state index contributed by atoms with van der Waals surface area (Å²) in [6.45, 7) is 4.34. The normalized spacial score (nSPS) is 14.6. The molecule has 9 heteroatoms. The number of carbonyl (C=O) groups excluding carboxylic acids is 2. The van der Waals surface area contributed by atoms with E-state index < -0.39 is 6.09 Å². The fourth-order valence-electron chi connectivity index (χ4n) is 3.63. The minimum atomic E-state index is -0.462. The fraction of sp³-hybridized carbons (Fsp3) is 0.364. The maximum atomic E-state index is 13.1.